The van der Waals surface area contributed by atoms with Crippen molar-refractivity contribution in [2.24, 2.45) is 5.92 Å². The minimum atomic E-state index is -1.06. The standard InChI is InChI=1S/C28H26N2O5/c1-16-18(27(32)33)11-6-12-24(16)29-26(31)25(17-13-14-17)30-28(34)35-15-23-21-9-4-2-7-19(21)20-8-3-5-10-22(20)23/h2-12,17,23,25H,13-15H2,1H3,(H,29,31)(H,30,34)(H,32,33). The van der Waals surface area contributed by atoms with Gasteiger partial charge in [0.25, 0.3) is 0 Å². The number of fused-ring (bicyclic) bond motifs is 3. The van der Waals surface area contributed by atoms with Gasteiger partial charge < -0.3 is 20.5 Å². The number of anilines is 1. The number of nitrogens with one attached hydrogen (secondary N) is 2. The van der Waals surface area contributed by atoms with Gasteiger partial charge in [0.15, 0.2) is 0 Å². The molecule has 5 rings (SSSR count). The second-order valence-corrected chi connectivity index (χ2v) is 9.06. The van der Waals surface area contributed by atoms with Crippen molar-refractivity contribution in [3.8, 4) is 11.1 Å². The van der Waals surface area contributed by atoms with Crippen LogP contribution >= 0.6 is 0 Å². The minimum Gasteiger partial charge on any atom is -0.478 e. The van der Waals surface area contributed by atoms with Crippen molar-refractivity contribution in [2.45, 2.75) is 31.7 Å². The van der Waals surface area contributed by atoms with Gasteiger partial charge in [-0.3, -0.25) is 4.79 Å². The van der Waals surface area contributed by atoms with Crippen LogP contribution in [-0.2, 0) is 9.53 Å². The van der Waals surface area contributed by atoms with Gasteiger partial charge in [-0.05, 0) is 65.6 Å². The molecule has 1 unspecified atom stereocenters. The minimum absolute atomic E-state index is 0.0263. The number of hydrogen-bond acceptors (Lipinski definition) is 4. The third-order valence-electron chi connectivity index (χ3n) is 6.81. The number of aromatic carboxylic acids is 1. The fourth-order valence-electron chi connectivity index (χ4n) is 4.81. The fraction of sp³-hybridized carbons (Fsp3) is 0.250. The summed E-state index contributed by atoms with van der Waals surface area (Å²) >= 11 is 0. The molecule has 1 fully saturated rings. The van der Waals surface area contributed by atoms with E-state index in [0.717, 1.165) is 35.1 Å². The average Bonchev–Trinajstić information content (AvgIpc) is 3.64. The van der Waals surface area contributed by atoms with Gasteiger partial charge >= 0.3 is 12.1 Å². The van der Waals surface area contributed by atoms with Crippen molar-refractivity contribution in [3.05, 3.63) is 89.0 Å². The predicted molar refractivity (Wildman–Crippen MR) is 131 cm³/mol. The second kappa shape index (κ2) is 9.25. The lowest BCUT2D eigenvalue weighted by molar-refractivity contribution is -0.118. The summed E-state index contributed by atoms with van der Waals surface area (Å²) in [7, 11) is 0. The maximum Gasteiger partial charge on any atom is 0.407 e. The monoisotopic (exact) mass is 470 g/mol. The molecule has 35 heavy (non-hydrogen) atoms. The van der Waals surface area contributed by atoms with Crippen LogP contribution in [0.5, 0.6) is 0 Å². The number of carboxylic acid groups (broad SMARTS) is 1. The Hall–Kier alpha value is -4.13. The highest BCUT2D eigenvalue weighted by atomic mass is 16.5. The van der Waals surface area contributed by atoms with Crippen molar-refractivity contribution in [1.82, 2.24) is 5.32 Å². The summed E-state index contributed by atoms with van der Waals surface area (Å²) in [6, 6.07) is 20.2. The Morgan fingerprint density at radius 2 is 1.57 bits per heavy atom. The summed E-state index contributed by atoms with van der Waals surface area (Å²) in [5.41, 5.74) is 5.52. The van der Waals surface area contributed by atoms with Crippen molar-refractivity contribution in [1.29, 1.82) is 0 Å². The number of rotatable bonds is 7. The maximum absolute atomic E-state index is 13.0. The van der Waals surface area contributed by atoms with Crippen LogP contribution in [0.25, 0.3) is 11.1 Å². The Balaban J connectivity index is 1.26. The van der Waals surface area contributed by atoms with Crippen molar-refractivity contribution in [2.75, 3.05) is 11.9 Å². The SMILES string of the molecule is Cc1c(NC(=O)C(NC(=O)OCC2c3ccccc3-c3ccccc32)C2CC2)cccc1C(=O)O. The number of carboxylic acids is 1. The first-order valence-corrected chi connectivity index (χ1v) is 11.7. The molecule has 7 heteroatoms. The van der Waals surface area contributed by atoms with Gasteiger partial charge in [0, 0.05) is 11.6 Å². The predicted octanol–water partition coefficient (Wildman–Crippen LogP) is 4.95. The molecular weight excluding hydrogens is 444 g/mol. The molecule has 0 saturated heterocycles. The zero-order chi connectivity index (χ0) is 24.5. The summed E-state index contributed by atoms with van der Waals surface area (Å²) in [6.45, 7) is 1.81. The molecule has 178 valence electrons. The van der Waals surface area contributed by atoms with Crippen molar-refractivity contribution < 1.29 is 24.2 Å². The smallest absolute Gasteiger partial charge is 0.407 e. The summed E-state index contributed by atoms with van der Waals surface area (Å²) in [4.78, 5) is 37.2. The first-order valence-electron chi connectivity index (χ1n) is 11.7. The molecule has 0 aromatic heterocycles. The van der Waals surface area contributed by atoms with E-state index >= 15 is 0 Å². The molecule has 0 radical (unpaired) electrons. The molecule has 0 aliphatic heterocycles. The Morgan fingerprint density at radius 3 is 2.17 bits per heavy atom. The van der Waals surface area contributed by atoms with Crippen LogP contribution in [-0.4, -0.2) is 35.7 Å². The van der Waals surface area contributed by atoms with E-state index in [1.54, 1.807) is 19.1 Å². The average molecular weight is 471 g/mol. The largest absolute Gasteiger partial charge is 0.478 e. The van der Waals surface area contributed by atoms with Gasteiger partial charge in [-0.1, -0.05) is 54.6 Å². The zero-order valence-electron chi connectivity index (χ0n) is 19.3. The summed E-state index contributed by atoms with van der Waals surface area (Å²) in [5, 5.41) is 14.9. The number of hydrogen-bond donors (Lipinski definition) is 3. The Morgan fingerprint density at radius 1 is 0.943 bits per heavy atom. The molecule has 2 aliphatic carbocycles. The van der Waals surface area contributed by atoms with E-state index in [1.807, 2.05) is 24.3 Å². The van der Waals surface area contributed by atoms with Crippen molar-refractivity contribution >= 4 is 23.7 Å². The van der Waals surface area contributed by atoms with Crippen LogP contribution in [0.4, 0.5) is 10.5 Å². The Labute approximate surface area is 203 Å². The van der Waals surface area contributed by atoms with Gasteiger partial charge in [0.1, 0.15) is 12.6 Å². The first-order chi connectivity index (χ1) is 16.9. The highest BCUT2D eigenvalue weighted by molar-refractivity contribution is 5.99. The highest BCUT2D eigenvalue weighted by Crippen LogP contribution is 2.44. The van der Waals surface area contributed by atoms with Crippen LogP contribution in [0.3, 0.4) is 0 Å². The van der Waals surface area contributed by atoms with Crippen LogP contribution in [0.2, 0.25) is 0 Å². The second-order valence-electron chi connectivity index (χ2n) is 9.06. The lowest BCUT2D eigenvalue weighted by atomic mass is 9.98. The molecule has 1 atom stereocenters. The van der Waals surface area contributed by atoms with E-state index in [9.17, 15) is 19.5 Å². The molecule has 3 aromatic carbocycles. The molecule has 2 amide bonds. The van der Waals surface area contributed by atoms with Gasteiger partial charge in [-0.2, -0.15) is 0 Å². The molecule has 7 nitrogen and oxygen atoms in total. The molecular formula is C28H26N2O5. The summed E-state index contributed by atoms with van der Waals surface area (Å²) in [6.07, 6.45) is 1.01. The molecule has 3 N–H and O–H groups in total. The van der Waals surface area contributed by atoms with E-state index < -0.39 is 18.1 Å². The zero-order valence-corrected chi connectivity index (χ0v) is 19.3. The molecule has 2 aliphatic rings. The molecule has 0 spiro atoms. The normalized spacial score (nSPS) is 15.0. The summed E-state index contributed by atoms with van der Waals surface area (Å²) < 4.78 is 5.62. The first kappa shape index (κ1) is 22.7. The van der Waals surface area contributed by atoms with E-state index in [4.69, 9.17) is 4.74 Å². The molecule has 0 heterocycles. The van der Waals surface area contributed by atoms with Crippen LogP contribution in [0.15, 0.2) is 66.7 Å². The van der Waals surface area contributed by atoms with Gasteiger partial charge in [-0.25, -0.2) is 9.59 Å². The topological polar surface area (TPSA) is 105 Å². The number of benzene rings is 3. The lowest BCUT2D eigenvalue weighted by Crippen LogP contribution is -2.45. The quantitative estimate of drug-likeness (QED) is 0.453. The van der Waals surface area contributed by atoms with Gasteiger partial charge in [0.05, 0.1) is 5.56 Å². The van der Waals surface area contributed by atoms with Gasteiger partial charge in [-0.15, -0.1) is 0 Å². The third kappa shape index (κ3) is 4.49. The van der Waals surface area contributed by atoms with Crippen LogP contribution in [0, 0.1) is 12.8 Å². The number of ether oxygens (including phenoxy) is 1. The van der Waals surface area contributed by atoms with Crippen molar-refractivity contribution in [3.63, 3.8) is 0 Å². The number of amides is 2. The summed E-state index contributed by atoms with van der Waals surface area (Å²) in [5.74, 6) is -1.48. The van der Waals surface area contributed by atoms with E-state index in [-0.39, 0.29) is 29.9 Å². The third-order valence-corrected chi connectivity index (χ3v) is 6.81. The van der Waals surface area contributed by atoms with Crippen LogP contribution in [0.1, 0.15) is 45.8 Å². The van der Waals surface area contributed by atoms with Gasteiger partial charge in [0.2, 0.25) is 5.91 Å². The molecule has 1 saturated carbocycles. The molecule has 3 aromatic rings. The maximum atomic E-state index is 13.0. The van der Waals surface area contributed by atoms with E-state index in [1.165, 1.54) is 6.07 Å². The fourth-order valence-corrected chi connectivity index (χ4v) is 4.81. The Bertz CT molecular complexity index is 1270. The highest BCUT2D eigenvalue weighted by Gasteiger charge is 2.38. The van der Waals surface area contributed by atoms with Crippen LogP contribution < -0.4 is 10.6 Å². The van der Waals surface area contributed by atoms with E-state index in [2.05, 4.69) is 34.9 Å². The number of alkyl carbamates (subject to hydrolysis) is 1. The lowest BCUT2D eigenvalue weighted by Gasteiger charge is -2.20. The Kier molecular flexibility index (Phi) is 5.99. The van der Waals surface area contributed by atoms with E-state index in [0.29, 0.717) is 11.3 Å². The number of carbonyl (C=O) groups is 3. The number of carbonyl (C=O) groups excluding carboxylic acids is 2. The molecule has 0 bridgehead atoms.